The fourth-order valence-corrected chi connectivity index (χ4v) is 3.03. The molecular formula is C29H41N3. The molecule has 0 aromatic heterocycles. The van der Waals surface area contributed by atoms with Crippen molar-refractivity contribution in [1.29, 1.82) is 0 Å². The molecular weight excluding hydrogens is 390 g/mol. The minimum atomic E-state index is 0.286. The number of nitrogens with one attached hydrogen (secondary N) is 1. The first kappa shape index (κ1) is 27.0. The van der Waals surface area contributed by atoms with Gasteiger partial charge in [0, 0.05) is 36.6 Å². The highest BCUT2D eigenvalue weighted by atomic mass is 15.2. The number of aliphatic imine (C=N–C) groups is 1. The molecule has 0 unspecified atom stereocenters. The quantitative estimate of drug-likeness (QED) is 0.287. The minimum Gasteiger partial charge on any atom is -0.358 e. The Morgan fingerprint density at radius 3 is 2.25 bits per heavy atom. The predicted octanol–water partition coefficient (Wildman–Crippen LogP) is 6.92. The third-order valence-electron chi connectivity index (χ3n) is 5.52. The zero-order chi connectivity index (χ0) is 24.3. The molecule has 1 aromatic rings. The first-order valence-corrected chi connectivity index (χ1v) is 11.2. The van der Waals surface area contributed by atoms with E-state index in [-0.39, 0.29) is 6.04 Å². The standard InChI is InChI=1S/C29H41N3/c1-11-22(6)20-27(12-2)24(8)31-29(32(10)21(4)5)28(13-3)25(9)30-19-18-26-16-14-23(7)15-17-26/h11-17,20-21,31H,2-3,8,18-19H2,1,4-7,9-10H3/b22-11-,27-20+,29-28?,30-25?. The second-order valence-corrected chi connectivity index (χ2v) is 8.31. The fourth-order valence-electron chi connectivity index (χ4n) is 3.03. The lowest BCUT2D eigenvalue weighted by molar-refractivity contribution is 0.325. The van der Waals surface area contributed by atoms with Gasteiger partial charge in [-0.3, -0.25) is 4.99 Å². The maximum atomic E-state index is 4.86. The molecule has 0 radical (unpaired) electrons. The minimum absolute atomic E-state index is 0.286. The zero-order valence-electron chi connectivity index (χ0n) is 21.1. The summed E-state index contributed by atoms with van der Waals surface area (Å²) in [5.74, 6) is 0.933. The van der Waals surface area contributed by atoms with Crippen LogP contribution in [0.2, 0.25) is 0 Å². The van der Waals surface area contributed by atoms with E-state index >= 15 is 0 Å². The van der Waals surface area contributed by atoms with Crippen LogP contribution in [0.3, 0.4) is 0 Å². The molecule has 0 heterocycles. The van der Waals surface area contributed by atoms with Crippen molar-refractivity contribution >= 4 is 5.71 Å². The molecule has 172 valence electrons. The Morgan fingerprint density at radius 2 is 1.75 bits per heavy atom. The third kappa shape index (κ3) is 8.22. The summed E-state index contributed by atoms with van der Waals surface area (Å²) in [6, 6.07) is 8.92. The highest BCUT2D eigenvalue weighted by Crippen LogP contribution is 2.18. The van der Waals surface area contributed by atoms with E-state index in [0.717, 1.165) is 46.9 Å². The van der Waals surface area contributed by atoms with Gasteiger partial charge in [0.15, 0.2) is 0 Å². The average Bonchev–Trinajstić information content (AvgIpc) is 2.77. The molecule has 1 N–H and O–H groups in total. The van der Waals surface area contributed by atoms with Crippen LogP contribution in [0, 0.1) is 6.92 Å². The molecule has 0 aliphatic carbocycles. The number of rotatable bonds is 12. The van der Waals surface area contributed by atoms with Gasteiger partial charge in [-0.25, -0.2) is 0 Å². The predicted molar refractivity (Wildman–Crippen MR) is 143 cm³/mol. The van der Waals surface area contributed by atoms with Crippen molar-refractivity contribution < 1.29 is 0 Å². The smallest absolute Gasteiger partial charge is 0.115 e. The molecule has 3 heteroatoms. The van der Waals surface area contributed by atoms with E-state index in [1.54, 1.807) is 0 Å². The summed E-state index contributed by atoms with van der Waals surface area (Å²) in [5.41, 5.74) is 7.38. The lowest BCUT2D eigenvalue weighted by Crippen LogP contribution is -2.35. The van der Waals surface area contributed by atoms with Gasteiger partial charge in [-0.1, -0.05) is 79.4 Å². The lowest BCUT2D eigenvalue weighted by atomic mass is 10.1. The van der Waals surface area contributed by atoms with E-state index in [0.29, 0.717) is 0 Å². The highest BCUT2D eigenvalue weighted by Gasteiger charge is 2.16. The van der Waals surface area contributed by atoms with Crippen LogP contribution in [0.4, 0.5) is 0 Å². The van der Waals surface area contributed by atoms with E-state index in [4.69, 9.17) is 4.99 Å². The van der Waals surface area contributed by atoms with Crippen LogP contribution in [-0.4, -0.2) is 30.2 Å². The SMILES string of the molecule is C=CC(C(C)=NCCc1ccc(C)cc1)=C(NC(=C)/C(C=C)=C/C(C)=C\C)N(C)C(C)C. The molecule has 0 fully saturated rings. The van der Waals surface area contributed by atoms with Crippen molar-refractivity contribution in [2.75, 3.05) is 13.6 Å². The summed E-state index contributed by atoms with van der Waals surface area (Å²) in [4.78, 5) is 7.04. The summed E-state index contributed by atoms with van der Waals surface area (Å²) in [5, 5.41) is 3.52. The molecule has 1 rings (SSSR count). The van der Waals surface area contributed by atoms with E-state index < -0.39 is 0 Å². The van der Waals surface area contributed by atoms with Crippen LogP contribution in [0.5, 0.6) is 0 Å². The highest BCUT2D eigenvalue weighted by molar-refractivity contribution is 6.01. The van der Waals surface area contributed by atoms with Crippen LogP contribution in [0.15, 0.2) is 102 Å². The number of hydrogen-bond acceptors (Lipinski definition) is 3. The number of allylic oxidation sites excluding steroid dienone is 6. The zero-order valence-corrected chi connectivity index (χ0v) is 21.1. The Labute approximate surface area is 196 Å². The molecule has 0 bridgehead atoms. The largest absolute Gasteiger partial charge is 0.358 e. The number of benzene rings is 1. The van der Waals surface area contributed by atoms with Crippen LogP contribution >= 0.6 is 0 Å². The maximum Gasteiger partial charge on any atom is 0.115 e. The van der Waals surface area contributed by atoms with E-state index in [9.17, 15) is 0 Å². The van der Waals surface area contributed by atoms with Gasteiger partial charge in [-0.05, 0) is 59.1 Å². The first-order valence-electron chi connectivity index (χ1n) is 11.2. The van der Waals surface area contributed by atoms with Gasteiger partial charge in [-0.15, -0.1) is 0 Å². The molecule has 0 aliphatic rings. The summed E-state index contributed by atoms with van der Waals surface area (Å²) in [6.45, 7) is 25.6. The molecule has 32 heavy (non-hydrogen) atoms. The van der Waals surface area contributed by atoms with Gasteiger partial charge in [0.1, 0.15) is 5.82 Å². The van der Waals surface area contributed by atoms with E-state index in [1.807, 2.05) is 26.0 Å². The van der Waals surface area contributed by atoms with Gasteiger partial charge in [0.05, 0.1) is 0 Å². The molecule has 0 aliphatic heterocycles. The van der Waals surface area contributed by atoms with Crippen molar-refractivity contribution in [2.24, 2.45) is 4.99 Å². The van der Waals surface area contributed by atoms with Crippen LogP contribution in [0.25, 0.3) is 0 Å². The Bertz CT molecular complexity index is 922. The molecule has 0 atom stereocenters. The maximum absolute atomic E-state index is 4.86. The Morgan fingerprint density at radius 1 is 1.12 bits per heavy atom. The Hall–Kier alpha value is -3.07. The summed E-state index contributed by atoms with van der Waals surface area (Å²) in [7, 11) is 2.07. The topological polar surface area (TPSA) is 27.6 Å². The molecule has 1 aromatic carbocycles. The van der Waals surface area contributed by atoms with E-state index in [2.05, 4.69) is 101 Å². The van der Waals surface area contributed by atoms with Crippen molar-refractivity contribution in [3.63, 3.8) is 0 Å². The van der Waals surface area contributed by atoms with Gasteiger partial charge in [-0.2, -0.15) is 0 Å². The van der Waals surface area contributed by atoms with E-state index in [1.165, 1.54) is 11.1 Å². The van der Waals surface area contributed by atoms with Crippen molar-refractivity contribution in [2.45, 2.75) is 54.0 Å². The van der Waals surface area contributed by atoms with Crippen molar-refractivity contribution in [1.82, 2.24) is 10.2 Å². The normalized spacial score (nSPS) is 13.6. The summed E-state index contributed by atoms with van der Waals surface area (Å²) >= 11 is 0. The average molecular weight is 432 g/mol. The van der Waals surface area contributed by atoms with Crippen LogP contribution in [-0.2, 0) is 6.42 Å². The molecule has 0 spiro atoms. The number of hydrogen-bond donors (Lipinski definition) is 1. The van der Waals surface area contributed by atoms with Gasteiger partial charge in [0.2, 0.25) is 0 Å². The van der Waals surface area contributed by atoms with Crippen molar-refractivity contribution in [3.05, 3.63) is 108 Å². The molecule has 0 amide bonds. The number of nitrogens with zero attached hydrogens (tertiary/aromatic N) is 2. The Balaban J connectivity index is 3.24. The summed E-state index contributed by atoms with van der Waals surface area (Å²) < 4.78 is 0. The van der Waals surface area contributed by atoms with Gasteiger partial charge >= 0.3 is 0 Å². The first-order chi connectivity index (χ1) is 15.1. The number of aryl methyl sites for hydroxylation is 1. The third-order valence-corrected chi connectivity index (χ3v) is 5.52. The fraction of sp³-hybridized carbons (Fsp3) is 0.345. The monoisotopic (exact) mass is 431 g/mol. The molecule has 0 saturated carbocycles. The van der Waals surface area contributed by atoms with Crippen LogP contribution in [0.1, 0.15) is 45.7 Å². The second kappa shape index (κ2) is 13.4. The molecule has 0 saturated heterocycles. The summed E-state index contributed by atoms with van der Waals surface area (Å²) in [6.07, 6.45) is 8.74. The van der Waals surface area contributed by atoms with Gasteiger partial charge in [0.25, 0.3) is 0 Å². The van der Waals surface area contributed by atoms with Gasteiger partial charge < -0.3 is 10.2 Å². The molecule has 3 nitrogen and oxygen atoms in total. The second-order valence-electron chi connectivity index (χ2n) is 8.31. The lowest BCUT2D eigenvalue weighted by Gasteiger charge is -2.30. The van der Waals surface area contributed by atoms with Crippen molar-refractivity contribution in [3.8, 4) is 0 Å². The van der Waals surface area contributed by atoms with Crippen LogP contribution < -0.4 is 5.32 Å². The Kier molecular flexibility index (Phi) is 11.3.